The number of benzene rings is 2. The fourth-order valence-corrected chi connectivity index (χ4v) is 2.86. The van der Waals surface area contributed by atoms with Crippen LogP contribution < -0.4 is 0 Å². The smallest absolute Gasteiger partial charge is 0.257 e. The first-order chi connectivity index (χ1) is 10.2. The number of carbonyl (C=O) groups excluding carboxylic acids is 1. The van der Waals surface area contributed by atoms with Gasteiger partial charge in [0.2, 0.25) is 0 Å². The van der Waals surface area contributed by atoms with Gasteiger partial charge in [0.15, 0.2) is 11.6 Å². The summed E-state index contributed by atoms with van der Waals surface area (Å²) in [5.41, 5.74) is 0.831. The lowest BCUT2D eigenvalue weighted by atomic mass is 10.0. The molecule has 21 heavy (non-hydrogen) atoms. The molecule has 2 aromatic carbocycles. The standard InChI is InChI=1S/C17H15F2NO/c18-14-9-4-8-13(16(14)19)17(21)20-11-5-10-15(20)12-6-2-1-3-7-12/h1-4,6-9,15H,5,10-11H2. The summed E-state index contributed by atoms with van der Waals surface area (Å²) in [4.78, 5) is 14.2. The Labute approximate surface area is 122 Å². The molecule has 1 aliphatic heterocycles. The van der Waals surface area contributed by atoms with Crippen LogP contribution in [0.4, 0.5) is 8.78 Å². The van der Waals surface area contributed by atoms with Crippen LogP contribution in [0.5, 0.6) is 0 Å². The highest BCUT2D eigenvalue weighted by molar-refractivity contribution is 5.95. The minimum atomic E-state index is -1.07. The molecular formula is C17H15F2NO. The Morgan fingerprint density at radius 3 is 2.57 bits per heavy atom. The van der Waals surface area contributed by atoms with Crippen molar-refractivity contribution in [2.24, 2.45) is 0 Å². The van der Waals surface area contributed by atoms with E-state index in [2.05, 4.69) is 0 Å². The first-order valence-electron chi connectivity index (χ1n) is 6.98. The van der Waals surface area contributed by atoms with Gasteiger partial charge in [0.25, 0.3) is 5.91 Å². The van der Waals surface area contributed by atoms with E-state index in [0.717, 1.165) is 24.5 Å². The number of halogens is 2. The van der Waals surface area contributed by atoms with Crippen LogP contribution in [0, 0.1) is 11.6 Å². The predicted molar refractivity (Wildman–Crippen MR) is 75.8 cm³/mol. The Morgan fingerprint density at radius 2 is 1.81 bits per heavy atom. The number of amides is 1. The van der Waals surface area contributed by atoms with Crippen LogP contribution >= 0.6 is 0 Å². The maximum atomic E-state index is 13.8. The summed E-state index contributed by atoms with van der Waals surface area (Å²) in [7, 11) is 0. The number of rotatable bonds is 2. The molecule has 1 amide bonds. The first kappa shape index (κ1) is 13.7. The summed E-state index contributed by atoms with van der Waals surface area (Å²) in [5, 5.41) is 0. The van der Waals surface area contributed by atoms with Crippen molar-refractivity contribution in [3.05, 3.63) is 71.3 Å². The van der Waals surface area contributed by atoms with Crippen molar-refractivity contribution in [3.8, 4) is 0 Å². The topological polar surface area (TPSA) is 20.3 Å². The highest BCUT2D eigenvalue weighted by Crippen LogP contribution is 2.33. The third kappa shape index (κ3) is 2.53. The van der Waals surface area contributed by atoms with E-state index in [1.807, 2.05) is 30.3 Å². The zero-order chi connectivity index (χ0) is 14.8. The fourth-order valence-electron chi connectivity index (χ4n) is 2.86. The van der Waals surface area contributed by atoms with Gasteiger partial charge in [-0.15, -0.1) is 0 Å². The number of carbonyl (C=O) groups is 1. The summed E-state index contributed by atoms with van der Waals surface area (Å²) < 4.78 is 27.1. The van der Waals surface area contributed by atoms with Crippen LogP contribution in [-0.2, 0) is 0 Å². The lowest BCUT2D eigenvalue weighted by molar-refractivity contribution is 0.0729. The molecule has 0 spiro atoms. The van der Waals surface area contributed by atoms with Crippen molar-refractivity contribution in [1.82, 2.24) is 4.90 Å². The summed E-state index contributed by atoms with van der Waals surface area (Å²) in [6.45, 7) is 0.564. The Hall–Kier alpha value is -2.23. The molecule has 0 aromatic heterocycles. The molecule has 1 aliphatic rings. The molecule has 0 radical (unpaired) electrons. The Kier molecular flexibility index (Phi) is 3.69. The van der Waals surface area contributed by atoms with Crippen LogP contribution in [0.15, 0.2) is 48.5 Å². The van der Waals surface area contributed by atoms with E-state index in [1.54, 1.807) is 4.90 Å². The quantitative estimate of drug-likeness (QED) is 0.819. The van der Waals surface area contributed by atoms with E-state index in [1.165, 1.54) is 12.1 Å². The van der Waals surface area contributed by atoms with E-state index in [-0.39, 0.29) is 11.6 Å². The third-order valence-electron chi connectivity index (χ3n) is 3.88. The zero-order valence-electron chi connectivity index (χ0n) is 11.4. The second-order valence-electron chi connectivity index (χ2n) is 5.17. The van der Waals surface area contributed by atoms with Crippen LogP contribution in [0.3, 0.4) is 0 Å². The monoisotopic (exact) mass is 287 g/mol. The van der Waals surface area contributed by atoms with Crippen LogP contribution in [0.25, 0.3) is 0 Å². The molecular weight excluding hydrogens is 272 g/mol. The van der Waals surface area contributed by atoms with E-state index in [0.29, 0.717) is 6.54 Å². The summed E-state index contributed by atoms with van der Waals surface area (Å²) in [6, 6.07) is 13.3. The maximum Gasteiger partial charge on any atom is 0.257 e. The average molecular weight is 287 g/mol. The van der Waals surface area contributed by atoms with Crippen LogP contribution in [-0.4, -0.2) is 17.4 Å². The largest absolute Gasteiger partial charge is 0.332 e. The normalized spacial score (nSPS) is 18.0. The van der Waals surface area contributed by atoms with Gasteiger partial charge in [0.1, 0.15) is 0 Å². The van der Waals surface area contributed by atoms with Gasteiger partial charge < -0.3 is 4.90 Å². The fraction of sp³-hybridized carbons (Fsp3) is 0.235. The molecule has 0 aliphatic carbocycles. The van der Waals surface area contributed by atoms with E-state index >= 15 is 0 Å². The molecule has 0 bridgehead atoms. The molecule has 1 fully saturated rings. The van der Waals surface area contributed by atoms with Gasteiger partial charge in [-0.3, -0.25) is 4.79 Å². The number of hydrogen-bond donors (Lipinski definition) is 0. The molecule has 4 heteroatoms. The summed E-state index contributed by atoms with van der Waals surface area (Å²) in [5.74, 6) is -2.50. The lowest BCUT2D eigenvalue weighted by Crippen LogP contribution is -2.31. The number of likely N-dealkylation sites (tertiary alicyclic amines) is 1. The van der Waals surface area contributed by atoms with Gasteiger partial charge in [0.05, 0.1) is 11.6 Å². The van der Waals surface area contributed by atoms with Gasteiger partial charge in [-0.2, -0.15) is 0 Å². The summed E-state index contributed by atoms with van der Waals surface area (Å²) >= 11 is 0. The molecule has 1 unspecified atom stereocenters. The van der Waals surface area contributed by atoms with Gasteiger partial charge in [0, 0.05) is 6.54 Å². The highest BCUT2D eigenvalue weighted by atomic mass is 19.2. The Bertz CT molecular complexity index is 657. The van der Waals surface area contributed by atoms with Crippen molar-refractivity contribution >= 4 is 5.91 Å². The minimum Gasteiger partial charge on any atom is -0.332 e. The molecule has 0 saturated carbocycles. The second kappa shape index (κ2) is 5.64. The van der Waals surface area contributed by atoms with Crippen LogP contribution in [0.2, 0.25) is 0 Å². The molecule has 0 N–H and O–H groups in total. The zero-order valence-corrected chi connectivity index (χ0v) is 11.4. The van der Waals surface area contributed by atoms with Gasteiger partial charge >= 0.3 is 0 Å². The van der Waals surface area contributed by atoms with E-state index in [4.69, 9.17) is 0 Å². The van der Waals surface area contributed by atoms with Crippen molar-refractivity contribution in [2.75, 3.05) is 6.54 Å². The average Bonchev–Trinajstić information content (AvgIpc) is 3.00. The maximum absolute atomic E-state index is 13.8. The lowest BCUT2D eigenvalue weighted by Gasteiger charge is -2.25. The van der Waals surface area contributed by atoms with Crippen molar-refractivity contribution in [3.63, 3.8) is 0 Å². The van der Waals surface area contributed by atoms with E-state index in [9.17, 15) is 13.6 Å². The van der Waals surface area contributed by atoms with E-state index < -0.39 is 17.5 Å². The molecule has 1 saturated heterocycles. The summed E-state index contributed by atoms with van der Waals surface area (Å²) in [6.07, 6.45) is 1.70. The van der Waals surface area contributed by atoms with Crippen molar-refractivity contribution in [1.29, 1.82) is 0 Å². The Morgan fingerprint density at radius 1 is 1.05 bits per heavy atom. The third-order valence-corrected chi connectivity index (χ3v) is 3.88. The minimum absolute atomic E-state index is 0.0682. The molecule has 2 nitrogen and oxygen atoms in total. The highest BCUT2D eigenvalue weighted by Gasteiger charge is 2.32. The SMILES string of the molecule is O=C(c1cccc(F)c1F)N1CCCC1c1ccccc1. The van der Waals surface area contributed by atoms with Gasteiger partial charge in [-0.1, -0.05) is 36.4 Å². The number of nitrogens with zero attached hydrogens (tertiary/aromatic N) is 1. The first-order valence-corrected chi connectivity index (χ1v) is 6.98. The Balaban J connectivity index is 1.92. The van der Waals surface area contributed by atoms with Gasteiger partial charge in [-0.05, 0) is 30.5 Å². The molecule has 1 heterocycles. The van der Waals surface area contributed by atoms with Crippen molar-refractivity contribution in [2.45, 2.75) is 18.9 Å². The second-order valence-corrected chi connectivity index (χ2v) is 5.17. The number of hydrogen-bond acceptors (Lipinski definition) is 1. The molecule has 108 valence electrons. The molecule has 3 rings (SSSR count). The van der Waals surface area contributed by atoms with Crippen LogP contribution in [0.1, 0.15) is 34.8 Å². The van der Waals surface area contributed by atoms with Crippen molar-refractivity contribution < 1.29 is 13.6 Å². The molecule has 1 atom stereocenters. The van der Waals surface area contributed by atoms with Gasteiger partial charge in [-0.25, -0.2) is 8.78 Å². The predicted octanol–water partition coefficient (Wildman–Crippen LogP) is 3.94. The molecule has 2 aromatic rings.